The molecule has 0 aliphatic heterocycles. The maximum absolute atomic E-state index is 2.41. The molecule has 0 atom stereocenters. The van der Waals surface area contributed by atoms with E-state index in [1.807, 2.05) is 0 Å². The van der Waals surface area contributed by atoms with Crippen LogP contribution in [0.15, 0.2) is 243 Å². The average Bonchev–Trinajstić information content (AvgIpc) is 3.87. The lowest BCUT2D eigenvalue weighted by atomic mass is 9.93. The third-order valence-corrected chi connectivity index (χ3v) is 12.5. The molecule has 2 heteroatoms. The van der Waals surface area contributed by atoms with Crippen LogP contribution in [-0.4, -0.2) is 9.13 Å². The van der Waals surface area contributed by atoms with Gasteiger partial charge in [-0.25, -0.2) is 0 Å². The summed E-state index contributed by atoms with van der Waals surface area (Å²) in [5.41, 5.74) is 19.1. The van der Waals surface area contributed by atoms with Crippen molar-refractivity contribution in [2.24, 2.45) is 0 Å². The third-order valence-electron chi connectivity index (χ3n) is 12.5. The van der Waals surface area contributed by atoms with Gasteiger partial charge in [-0.1, -0.05) is 164 Å². The van der Waals surface area contributed by atoms with Crippen LogP contribution in [0.4, 0.5) is 0 Å². The molecule has 0 saturated carbocycles. The summed E-state index contributed by atoms with van der Waals surface area (Å²) < 4.78 is 4.82. The molecule has 0 N–H and O–H groups in total. The highest BCUT2D eigenvalue weighted by Crippen LogP contribution is 2.40. The number of benzene rings is 10. The first-order chi connectivity index (χ1) is 30.7. The van der Waals surface area contributed by atoms with Crippen LogP contribution < -0.4 is 0 Å². The zero-order chi connectivity index (χ0) is 41.0. The molecule has 62 heavy (non-hydrogen) atoms. The number of para-hydroxylation sites is 2. The Kier molecular flexibility index (Phi) is 8.53. The highest BCUT2D eigenvalue weighted by molar-refractivity contribution is 6.12. The average molecular weight is 789 g/mol. The summed E-state index contributed by atoms with van der Waals surface area (Å²) in [7, 11) is 0. The lowest BCUT2D eigenvalue weighted by Gasteiger charge is -2.13. The van der Waals surface area contributed by atoms with E-state index in [2.05, 4.69) is 252 Å². The van der Waals surface area contributed by atoms with E-state index in [9.17, 15) is 0 Å². The van der Waals surface area contributed by atoms with E-state index >= 15 is 0 Å². The molecule has 0 aliphatic carbocycles. The molecule has 2 nitrogen and oxygen atoms in total. The Morgan fingerprint density at radius 3 is 1.03 bits per heavy atom. The van der Waals surface area contributed by atoms with E-state index in [1.165, 1.54) is 99.2 Å². The standard InChI is InChI=1S/C60H40N2/c1-4-15-41(16-5-1)45-21-14-22-52(38-45)62-58-26-13-11-24-54(58)56-40-47(30-34-60(56)62)46-29-33-59-55(39-46)53-23-10-12-25-57(53)61(59)51-31-27-44(28-32-51)50-36-48(42-17-6-2-7-18-42)35-49(37-50)43-19-8-3-9-20-43/h1-40H. The van der Waals surface area contributed by atoms with E-state index < -0.39 is 0 Å². The second-order valence-corrected chi connectivity index (χ2v) is 16.2. The second-order valence-electron chi connectivity index (χ2n) is 16.2. The normalized spacial score (nSPS) is 11.5. The molecular weight excluding hydrogens is 749 g/mol. The van der Waals surface area contributed by atoms with Gasteiger partial charge in [0.15, 0.2) is 0 Å². The van der Waals surface area contributed by atoms with Gasteiger partial charge in [-0.05, 0) is 134 Å². The van der Waals surface area contributed by atoms with E-state index in [0.29, 0.717) is 0 Å². The van der Waals surface area contributed by atoms with Gasteiger partial charge < -0.3 is 9.13 Å². The summed E-state index contributed by atoms with van der Waals surface area (Å²) in [5, 5.41) is 4.98. The summed E-state index contributed by atoms with van der Waals surface area (Å²) in [6.45, 7) is 0. The molecule has 2 aromatic heterocycles. The Hall–Kier alpha value is -8.20. The van der Waals surface area contributed by atoms with Gasteiger partial charge in [0, 0.05) is 32.9 Å². The Bertz CT molecular complexity index is 3540. The fourth-order valence-corrected chi connectivity index (χ4v) is 9.51. The predicted octanol–water partition coefficient (Wildman–Crippen LogP) is 16.2. The van der Waals surface area contributed by atoms with Crippen LogP contribution in [0, 0.1) is 0 Å². The number of aromatic nitrogens is 2. The van der Waals surface area contributed by atoms with E-state index in [1.54, 1.807) is 0 Å². The minimum absolute atomic E-state index is 1.14. The van der Waals surface area contributed by atoms with Gasteiger partial charge in [0.05, 0.1) is 22.1 Å². The number of hydrogen-bond acceptors (Lipinski definition) is 0. The molecule has 290 valence electrons. The Morgan fingerprint density at radius 1 is 0.177 bits per heavy atom. The third kappa shape index (κ3) is 6.12. The minimum Gasteiger partial charge on any atom is -0.309 e. The van der Waals surface area contributed by atoms with Gasteiger partial charge in [0.25, 0.3) is 0 Å². The minimum atomic E-state index is 1.14. The van der Waals surface area contributed by atoms with Gasteiger partial charge in [-0.15, -0.1) is 0 Å². The van der Waals surface area contributed by atoms with Gasteiger partial charge in [-0.3, -0.25) is 0 Å². The SMILES string of the molecule is c1ccc(-c2cc(-c3ccccc3)cc(-c3ccc(-n4c5ccccc5c5cc(-c6ccc7c(c6)c6ccccc6n7-c6cccc(-c7ccccc7)c6)ccc54)cc3)c2)cc1. The molecule has 12 rings (SSSR count). The number of nitrogens with zero attached hydrogens (tertiary/aromatic N) is 2. The summed E-state index contributed by atoms with van der Waals surface area (Å²) in [4.78, 5) is 0. The van der Waals surface area contributed by atoms with Crippen molar-refractivity contribution in [3.63, 3.8) is 0 Å². The largest absolute Gasteiger partial charge is 0.309 e. The van der Waals surface area contributed by atoms with Crippen molar-refractivity contribution in [3.8, 4) is 67.0 Å². The quantitative estimate of drug-likeness (QED) is 0.152. The van der Waals surface area contributed by atoms with Gasteiger partial charge in [0.1, 0.15) is 0 Å². The molecule has 0 saturated heterocycles. The van der Waals surface area contributed by atoms with Crippen molar-refractivity contribution >= 4 is 43.6 Å². The summed E-state index contributed by atoms with van der Waals surface area (Å²) in [6, 6.07) is 88.4. The van der Waals surface area contributed by atoms with Crippen LogP contribution in [0.1, 0.15) is 0 Å². The van der Waals surface area contributed by atoms with Gasteiger partial charge in [-0.2, -0.15) is 0 Å². The summed E-state index contributed by atoms with van der Waals surface area (Å²) >= 11 is 0. The van der Waals surface area contributed by atoms with Crippen molar-refractivity contribution in [2.45, 2.75) is 0 Å². The molecule has 0 fully saturated rings. The Morgan fingerprint density at radius 2 is 0.532 bits per heavy atom. The molecule has 2 heterocycles. The topological polar surface area (TPSA) is 9.86 Å². The molecule has 0 spiro atoms. The number of rotatable bonds is 7. The zero-order valence-electron chi connectivity index (χ0n) is 34.0. The van der Waals surface area contributed by atoms with Crippen molar-refractivity contribution in [3.05, 3.63) is 243 Å². The lowest BCUT2D eigenvalue weighted by molar-refractivity contribution is 1.18. The molecule has 0 bridgehead atoms. The molecule has 0 amide bonds. The first kappa shape index (κ1) is 35.7. The first-order valence-electron chi connectivity index (χ1n) is 21.3. The second kappa shape index (κ2) is 14.8. The smallest absolute Gasteiger partial charge is 0.0541 e. The maximum atomic E-state index is 2.41. The fraction of sp³-hybridized carbons (Fsp3) is 0. The first-order valence-corrected chi connectivity index (χ1v) is 21.3. The zero-order valence-corrected chi connectivity index (χ0v) is 34.0. The van der Waals surface area contributed by atoms with Crippen molar-refractivity contribution in [1.82, 2.24) is 9.13 Å². The number of hydrogen-bond donors (Lipinski definition) is 0. The molecule has 12 aromatic rings. The highest BCUT2D eigenvalue weighted by atomic mass is 15.0. The van der Waals surface area contributed by atoms with Crippen LogP contribution >= 0.6 is 0 Å². The van der Waals surface area contributed by atoms with E-state index in [0.717, 1.165) is 11.4 Å². The van der Waals surface area contributed by atoms with Crippen molar-refractivity contribution in [1.29, 1.82) is 0 Å². The van der Waals surface area contributed by atoms with Crippen molar-refractivity contribution < 1.29 is 0 Å². The fourth-order valence-electron chi connectivity index (χ4n) is 9.51. The number of fused-ring (bicyclic) bond motifs is 6. The van der Waals surface area contributed by atoms with E-state index in [-0.39, 0.29) is 0 Å². The Labute approximate surface area is 360 Å². The van der Waals surface area contributed by atoms with Gasteiger partial charge >= 0.3 is 0 Å². The summed E-state index contributed by atoms with van der Waals surface area (Å²) in [6.07, 6.45) is 0. The van der Waals surface area contributed by atoms with Crippen LogP contribution in [0.2, 0.25) is 0 Å². The maximum Gasteiger partial charge on any atom is 0.0541 e. The monoisotopic (exact) mass is 788 g/mol. The molecule has 10 aromatic carbocycles. The molecule has 0 unspecified atom stereocenters. The van der Waals surface area contributed by atoms with Crippen LogP contribution in [0.5, 0.6) is 0 Å². The Balaban J connectivity index is 0.939. The predicted molar refractivity (Wildman–Crippen MR) is 262 cm³/mol. The molecule has 0 radical (unpaired) electrons. The van der Waals surface area contributed by atoms with E-state index in [4.69, 9.17) is 0 Å². The van der Waals surface area contributed by atoms with Crippen LogP contribution in [0.25, 0.3) is 111 Å². The van der Waals surface area contributed by atoms with Crippen LogP contribution in [-0.2, 0) is 0 Å². The summed E-state index contributed by atoms with van der Waals surface area (Å²) in [5.74, 6) is 0. The van der Waals surface area contributed by atoms with Gasteiger partial charge in [0.2, 0.25) is 0 Å². The molecule has 0 aliphatic rings. The van der Waals surface area contributed by atoms with Crippen molar-refractivity contribution in [2.75, 3.05) is 0 Å². The molecular formula is C60H40N2. The lowest BCUT2D eigenvalue weighted by Crippen LogP contribution is -1.94. The highest BCUT2D eigenvalue weighted by Gasteiger charge is 2.17. The van der Waals surface area contributed by atoms with Crippen LogP contribution in [0.3, 0.4) is 0 Å².